The van der Waals surface area contributed by atoms with Gasteiger partial charge in [0.15, 0.2) is 11.6 Å². The van der Waals surface area contributed by atoms with Crippen molar-refractivity contribution in [2.24, 2.45) is 0 Å². The molecular formula is C16H15BrFNO2. The minimum atomic E-state index is -0.500. The highest BCUT2D eigenvalue weighted by Gasteiger charge is 2.10. The molecule has 0 bridgehead atoms. The summed E-state index contributed by atoms with van der Waals surface area (Å²) in [7, 11) is 0. The van der Waals surface area contributed by atoms with Crippen LogP contribution >= 0.6 is 15.9 Å². The Bertz CT molecular complexity index is 673. The third kappa shape index (κ3) is 3.82. The Morgan fingerprint density at radius 2 is 2.05 bits per heavy atom. The summed E-state index contributed by atoms with van der Waals surface area (Å²) in [6.45, 7) is 4.11. The molecule has 0 atom stereocenters. The van der Waals surface area contributed by atoms with Gasteiger partial charge >= 0.3 is 0 Å². The zero-order chi connectivity index (χ0) is 15.4. The highest BCUT2D eigenvalue weighted by Crippen LogP contribution is 2.22. The monoisotopic (exact) mass is 351 g/mol. The summed E-state index contributed by atoms with van der Waals surface area (Å²) in [6, 6.07) is 9.65. The van der Waals surface area contributed by atoms with Crippen LogP contribution in [0.1, 0.15) is 22.8 Å². The molecule has 0 aliphatic heterocycles. The predicted octanol–water partition coefficient (Wildman–Crippen LogP) is 4.55. The maximum absolute atomic E-state index is 13.7. The molecule has 2 aromatic carbocycles. The summed E-state index contributed by atoms with van der Waals surface area (Å²) in [5, 5.41) is 2.66. The molecule has 110 valence electrons. The van der Waals surface area contributed by atoms with Gasteiger partial charge in [0.1, 0.15) is 0 Å². The van der Waals surface area contributed by atoms with Crippen molar-refractivity contribution in [3.63, 3.8) is 0 Å². The number of aryl methyl sites for hydroxylation is 1. The second kappa shape index (κ2) is 6.72. The van der Waals surface area contributed by atoms with Crippen molar-refractivity contribution >= 4 is 27.5 Å². The average molecular weight is 352 g/mol. The molecule has 0 aromatic heterocycles. The SMILES string of the molecule is CCOc1ccc(NC(=O)c2ccc(C)c(Br)c2)cc1F. The van der Waals surface area contributed by atoms with Crippen molar-refractivity contribution in [3.05, 3.63) is 57.8 Å². The van der Waals surface area contributed by atoms with Crippen LogP contribution in [0.2, 0.25) is 0 Å². The van der Waals surface area contributed by atoms with Crippen LogP contribution in [-0.4, -0.2) is 12.5 Å². The second-order valence-electron chi connectivity index (χ2n) is 4.50. The van der Waals surface area contributed by atoms with Gasteiger partial charge in [-0.05, 0) is 43.7 Å². The molecule has 0 aliphatic carbocycles. The largest absolute Gasteiger partial charge is 0.491 e. The smallest absolute Gasteiger partial charge is 0.255 e. The van der Waals surface area contributed by atoms with E-state index in [1.807, 2.05) is 13.0 Å². The highest BCUT2D eigenvalue weighted by atomic mass is 79.9. The minimum Gasteiger partial charge on any atom is -0.491 e. The van der Waals surface area contributed by atoms with E-state index in [0.29, 0.717) is 17.9 Å². The van der Waals surface area contributed by atoms with Crippen molar-refractivity contribution in [2.45, 2.75) is 13.8 Å². The third-order valence-electron chi connectivity index (χ3n) is 2.92. The van der Waals surface area contributed by atoms with Gasteiger partial charge < -0.3 is 10.1 Å². The normalized spacial score (nSPS) is 10.3. The molecule has 2 aromatic rings. The van der Waals surface area contributed by atoms with Gasteiger partial charge in [-0.15, -0.1) is 0 Å². The molecule has 0 saturated carbocycles. The van der Waals surface area contributed by atoms with Crippen LogP contribution in [0.5, 0.6) is 5.75 Å². The molecule has 0 aliphatic rings. The number of halogens is 2. The van der Waals surface area contributed by atoms with E-state index < -0.39 is 5.82 Å². The molecule has 1 N–H and O–H groups in total. The van der Waals surface area contributed by atoms with Gasteiger partial charge in [-0.25, -0.2) is 4.39 Å². The fraction of sp³-hybridized carbons (Fsp3) is 0.188. The molecule has 0 saturated heterocycles. The van der Waals surface area contributed by atoms with Crippen molar-refractivity contribution < 1.29 is 13.9 Å². The molecule has 5 heteroatoms. The lowest BCUT2D eigenvalue weighted by atomic mass is 10.1. The van der Waals surface area contributed by atoms with Gasteiger partial charge in [-0.3, -0.25) is 4.79 Å². The number of amides is 1. The lowest BCUT2D eigenvalue weighted by Crippen LogP contribution is -2.12. The Morgan fingerprint density at radius 1 is 1.29 bits per heavy atom. The van der Waals surface area contributed by atoms with Crippen LogP contribution in [-0.2, 0) is 0 Å². The van der Waals surface area contributed by atoms with E-state index >= 15 is 0 Å². The Morgan fingerprint density at radius 3 is 2.67 bits per heavy atom. The molecule has 3 nitrogen and oxygen atoms in total. The predicted molar refractivity (Wildman–Crippen MR) is 84.4 cm³/mol. The number of ether oxygens (including phenoxy) is 1. The maximum atomic E-state index is 13.7. The summed E-state index contributed by atoms with van der Waals surface area (Å²) in [4.78, 5) is 12.1. The number of hydrogen-bond donors (Lipinski definition) is 1. The van der Waals surface area contributed by atoms with Gasteiger partial charge in [0, 0.05) is 21.8 Å². The lowest BCUT2D eigenvalue weighted by molar-refractivity contribution is 0.102. The Labute approximate surface area is 131 Å². The second-order valence-corrected chi connectivity index (χ2v) is 5.35. The molecule has 21 heavy (non-hydrogen) atoms. The van der Waals surface area contributed by atoms with Crippen molar-refractivity contribution in [2.75, 3.05) is 11.9 Å². The first-order chi connectivity index (χ1) is 10.0. The van der Waals surface area contributed by atoms with Crippen molar-refractivity contribution in [1.82, 2.24) is 0 Å². The molecular weight excluding hydrogens is 337 g/mol. The molecule has 2 rings (SSSR count). The van der Waals surface area contributed by atoms with Gasteiger partial charge in [0.05, 0.1) is 6.61 Å². The Balaban J connectivity index is 2.15. The molecule has 0 heterocycles. The summed E-state index contributed by atoms with van der Waals surface area (Å²) in [5.41, 5.74) is 1.93. The maximum Gasteiger partial charge on any atom is 0.255 e. The van der Waals surface area contributed by atoms with Gasteiger partial charge in [-0.1, -0.05) is 22.0 Å². The molecule has 1 amide bonds. The number of anilines is 1. The molecule has 0 spiro atoms. The van der Waals surface area contributed by atoms with Crippen molar-refractivity contribution in [3.8, 4) is 5.75 Å². The lowest BCUT2D eigenvalue weighted by Gasteiger charge is -2.09. The summed E-state index contributed by atoms with van der Waals surface area (Å²) in [6.07, 6.45) is 0. The molecule has 0 radical (unpaired) electrons. The summed E-state index contributed by atoms with van der Waals surface area (Å²) >= 11 is 3.38. The van der Waals surface area contributed by atoms with Crippen LogP contribution < -0.4 is 10.1 Å². The first-order valence-corrected chi connectivity index (χ1v) is 7.30. The zero-order valence-electron chi connectivity index (χ0n) is 11.7. The van der Waals surface area contributed by atoms with E-state index in [1.165, 1.54) is 12.1 Å². The van der Waals surface area contributed by atoms with Gasteiger partial charge in [0.25, 0.3) is 5.91 Å². The number of benzene rings is 2. The molecule has 0 unspecified atom stereocenters. The van der Waals surface area contributed by atoms with Crippen LogP contribution in [0.4, 0.5) is 10.1 Å². The summed E-state index contributed by atoms with van der Waals surface area (Å²) in [5.74, 6) is -0.618. The topological polar surface area (TPSA) is 38.3 Å². The van der Waals surface area contributed by atoms with Crippen LogP contribution in [0.25, 0.3) is 0 Å². The zero-order valence-corrected chi connectivity index (χ0v) is 13.3. The standard InChI is InChI=1S/C16H15BrFNO2/c1-3-21-15-7-6-12(9-14(15)18)19-16(20)11-5-4-10(2)13(17)8-11/h4-9H,3H2,1-2H3,(H,19,20). The number of rotatable bonds is 4. The number of nitrogens with one attached hydrogen (secondary N) is 1. The quantitative estimate of drug-likeness (QED) is 0.877. The highest BCUT2D eigenvalue weighted by molar-refractivity contribution is 9.10. The van der Waals surface area contributed by atoms with Gasteiger partial charge in [-0.2, -0.15) is 0 Å². The number of carbonyl (C=O) groups is 1. The number of carbonyl (C=O) groups excluding carboxylic acids is 1. The third-order valence-corrected chi connectivity index (χ3v) is 3.78. The Hall–Kier alpha value is -1.88. The Kier molecular flexibility index (Phi) is 4.96. The van der Waals surface area contributed by atoms with E-state index in [1.54, 1.807) is 25.1 Å². The minimum absolute atomic E-state index is 0.175. The van der Waals surface area contributed by atoms with Crippen LogP contribution in [0.15, 0.2) is 40.9 Å². The fourth-order valence-corrected chi connectivity index (χ4v) is 2.17. The van der Waals surface area contributed by atoms with Crippen molar-refractivity contribution in [1.29, 1.82) is 0 Å². The first-order valence-electron chi connectivity index (χ1n) is 6.51. The molecule has 0 fully saturated rings. The summed E-state index contributed by atoms with van der Waals surface area (Å²) < 4.78 is 19.7. The van der Waals surface area contributed by atoms with Gasteiger partial charge in [0.2, 0.25) is 0 Å². The van der Waals surface area contributed by atoms with Crippen LogP contribution in [0.3, 0.4) is 0 Å². The number of hydrogen-bond acceptors (Lipinski definition) is 2. The van der Waals surface area contributed by atoms with E-state index in [2.05, 4.69) is 21.2 Å². The van der Waals surface area contributed by atoms with E-state index in [9.17, 15) is 9.18 Å². The van der Waals surface area contributed by atoms with Crippen LogP contribution in [0, 0.1) is 12.7 Å². The fourth-order valence-electron chi connectivity index (χ4n) is 1.79. The average Bonchev–Trinajstić information content (AvgIpc) is 2.45. The first kappa shape index (κ1) is 15.5. The van der Waals surface area contributed by atoms with E-state index in [0.717, 1.165) is 10.0 Å². The van der Waals surface area contributed by atoms with E-state index in [-0.39, 0.29) is 11.7 Å². The van der Waals surface area contributed by atoms with E-state index in [4.69, 9.17) is 4.74 Å².